The van der Waals surface area contributed by atoms with Crippen LogP contribution in [0.5, 0.6) is 5.75 Å². The summed E-state index contributed by atoms with van der Waals surface area (Å²) < 4.78 is 94.1. The van der Waals surface area contributed by atoms with E-state index in [0.29, 0.717) is 23.2 Å². The molecule has 1 aliphatic rings. The standard InChI is InChI=1S/C27H20F3N3O5S.C2HF3O2/c28-27(29,30)39(37,38)21-11-7-19(8-12-21)33-25(35)24(15-17-5-9-20(34)10-6-17)32(26(33)36)16-18-13-14-31-23-4-2-1-3-22(18)23;3-2(4,5)1(6)7/h1-14,24,34H,15-16H2;(H,6,7)/t24-;/m1./s1. The van der Waals surface area contributed by atoms with E-state index in [0.717, 1.165) is 28.0 Å². The molecule has 1 fully saturated rings. The molecular formula is C29H21F6N3O7S. The molecule has 2 heterocycles. The number of fused-ring (bicyclic) bond motifs is 1. The highest BCUT2D eigenvalue weighted by atomic mass is 32.2. The Bertz CT molecular complexity index is 1880. The molecule has 4 aromatic rings. The number of aromatic nitrogens is 1. The molecular weight excluding hydrogens is 648 g/mol. The fourth-order valence-electron chi connectivity index (χ4n) is 4.49. The fourth-order valence-corrected chi connectivity index (χ4v) is 5.25. The number of alkyl halides is 6. The number of carboxylic acid groups (broad SMARTS) is 1. The van der Waals surface area contributed by atoms with Crippen molar-refractivity contribution in [2.75, 3.05) is 4.90 Å². The minimum atomic E-state index is -5.60. The van der Waals surface area contributed by atoms with Crippen molar-refractivity contribution in [3.63, 3.8) is 0 Å². The van der Waals surface area contributed by atoms with Crippen LogP contribution < -0.4 is 4.90 Å². The van der Waals surface area contributed by atoms with E-state index in [1.165, 1.54) is 17.0 Å². The number of nitrogens with zero attached hydrogens (tertiary/aromatic N) is 3. The van der Waals surface area contributed by atoms with Gasteiger partial charge in [-0.3, -0.25) is 9.78 Å². The number of phenolic OH excluding ortho intramolecular Hbond substituents is 1. The normalized spacial score (nSPS) is 15.6. The number of benzene rings is 3. The number of amides is 3. The van der Waals surface area contributed by atoms with Crippen LogP contribution in [0, 0.1) is 0 Å². The number of sulfone groups is 1. The van der Waals surface area contributed by atoms with E-state index in [9.17, 15) is 49.5 Å². The van der Waals surface area contributed by atoms with Crippen molar-refractivity contribution in [2.24, 2.45) is 0 Å². The first-order valence-electron chi connectivity index (χ1n) is 12.9. The lowest BCUT2D eigenvalue weighted by Crippen LogP contribution is -2.36. The van der Waals surface area contributed by atoms with Gasteiger partial charge in [0, 0.05) is 24.5 Å². The van der Waals surface area contributed by atoms with Crippen LogP contribution in [0.3, 0.4) is 0 Å². The molecule has 0 aliphatic carbocycles. The Labute approximate surface area is 256 Å². The van der Waals surface area contributed by atoms with Crippen molar-refractivity contribution in [1.29, 1.82) is 0 Å². The number of rotatable bonds is 6. The van der Waals surface area contributed by atoms with Gasteiger partial charge in [0.1, 0.15) is 11.8 Å². The molecule has 3 amide bonds. The number of carbonyl (C=O) groups excluding carboxylic acids is 2. The van der Waals surface area contributed by atoms with Crippen LogP contribution in [-0.2, 0) is 32.4 Å². The lowest BCUT2D eigenvalue weighted by atomic mass is 10.0. The van der Waals surface area contributed by atoms with Gasteiger partial charge in [-0.2, -0.15) is 26.3 Å². The third kappa shape index (κ3) is 7.03. The number of aliphatic carboxylic acids is 1. The first-order valence-corrected chi connectivity index (χ1v) is 14.4. The summed E-state index contributed by atoms with van der Waals surface area (Å²) in [5.41, 5.74) is -3.47. The smallest absolute Gasteiger partial charge is 0.501 e. The maximum atomic E-state index is 13.6. The molecule has 46 heavy (non-hydrogen) atoms. The van der Waals surface area contributed by atoms with Gasteiger partial charge in [-0.15, -0.1) is 0 Å². The number of urea groups is 1. The van der Waals surface area contributed by atoms with E-state index in [-0.39, 0.29) is 24.4 Å². The average molecular weight is 670 g/mol. The van der Waals surface area contributed by atoms with Crippen molar-refractivity contribution in [3.8, 4) is 5.75 Å². The van der Waals surface area contributed by atoms with Crippen molar-refractivity contribution < 1.29 is 59.4 Å². The summed E-state index contributed by atoms with van der Waals surface area (Å²) in [5.74, 6) is -3.35. The van der Waals surface area contributed by atoms with Gasteiger partial charge in [-0.25, -0.2) is 22.9 Å². The number of para-hydroxylation sites is 1. The maximum Gasteiger partial charge on any atom is 0.501 e. The maximum absolute atomic E-state index is 13.6. The molecule has 242 valence electrons. The van der Waals surface area contributed by atoms with Gasteiger partial charge in [0.15, 0.2) is 0 Å². The van der Waals surface area contributed by atoms with E-state index in [2.05, 4.69) is 4.98 Å². The molecule has 1 aromatic heterocycles. The van der Waals surface area contributed by atoms with Crippen molar-refractivity contribution in [3.05, 3.63) is 96.2 Å². The van der Waals surface area contributed by atoms with E-state index >= 15 is 0 Å². The van der Waals surface area contributed by atoms with Crippen molar-refractivity contribution in [2.45, 2.75) is 35.6 Å². The summed E-state index contributed by atoms with van der Waals surface area (Å²) in [6, 6.07) is 16.9. The van der Waals surface area contributed by atoms with Crippen LogP contribution in [-0.4, -0.2) is 64.1 Å². The summed E-state index contributed by atoms with van der Waals surface area (Å²) in [6.45, 7) is 0.0351. The lowest BCUT2D eigenvalue weighted by Gasteiger charge is -2.23. The minimum absolute atomic E-state index is 0.0308. The molecule has 1 atom stereocenters. The SMILES string of the molecule is O=C(O)C(F)(F)F.O=C1[C@@H](Cc2ccc(O)cc2)N(Cc2ccnc3ccccc23)C(=O)N1c1ccc(S(=O)(=O)C(F)(F)F)cc1. The molecule has 3 aromatic carbocycles. The van der Waals surface area contributed by atoms with E-state index in [1.807, 2.05) is 24.3 Å². The summed E-state index contributed by atoms with van der Waals surface area (Å²) in [5, 5.41) is 17.5. The Morgan fingerprint density at radius 1 is 0.870 bits per heavy atom. The van der Waals surface area contributed by atoms with E-state index < -0.39 is 50.4 Å². The Hall–Kier alpha value is -5.19. The highest BCUT2D eigenvalue weighted by Crippen LogP contribution is 2.34. The molecule has 1 aliphatic heterocycles. The number of hydrogen-bond donors (Lipinski definition) is 2. The molecule has 0 bridgehead atoms. The zero-order chi connectivity index (χ0) is 34.0. The summed E-state index contributed by atoms with van der Waals surface area (Å²) in [6.07, 6.45) is -3.39. The molecule has 2 N–H and O–H groups in total. The van der Waals surface area contributed by atoms with E-state index in [4.69, 9.17) is 9.90 Å². The highest BCUT2D eigenvalue weighted by molar-refractivity contribution is 7.92. The van der Waals surface area contributed by atoms with Gasteiger partial charge in [0.2, 0.25) is 0 Å². The van der Waals surface area contributed by atoms with Crippen LogP contribution in [0.2, 0.25) is 0 Å². The van der Waals surface area contributed by atoms with Gasteiger partial charge in [-0.05, 0) is 59.7 Å². The highest BCUT2D eigenvalue weighted by Gasteiger charge is 2.48. The predicted octanol–water partition coefficient (Wildman–Crippen LogP) is 5.45. The van der Waals surface area contributed by atoms with Gasteiger partial charge in [0.25, 0.3) is 15.7 Å². The number of hydrogen-bond acceptors (Lipinski definition) is 7. The Kier molecular flexibility index (Phi) is 9.28. The molecule has 0 radical (unpaired) electrons. The average Bonchev–Trinajstić information content (AvgIpc) is 3.21. The second-order valence-corrected chi connectivity index (χ2v) is 11.6. The van der Waals surface area contributed by atoms with E-state index in [1.54, 1.807) is 24.4 Å². The number of phenols is 1. The van der Waals surface area contributed by atoms with Crippen molar-refractivity contribution in [1.82, 2.24) is 9.88 Å². The number of imide groups is 1. The monoisotopic (exact) mass is 669 g/mol. The molecule has 17 heteroatoms. The van der Waals surface area contributed by atoms with Crippen LogP contribution in [0.4, 0.5) is 36.8 Å². The largest absolute Gasteiger partial charge is 0.508 e. The molecule has 5 rings (SSSR count). The Morgan fingerprint density at radius 2 is 1.46 bits per heavy atom. The van der Waals surface area contributed by atoms with Crippen molar-refractivity contribution >= 4 is 44.3 Å². The zero-order valence-electron chi connectivity index (χ0n) is 23.0. The quantitative estimate of drug-likeness (QED) is 0.204. The number of aromatic hydroxyl groups is 1. The third-order valence-corrected chi connectivity index (χ3v) is 8.22. The molecule has 0 spiro atoms. The number of pyridine rings is 1. The summed E-state index contributed by atoms with van der Waals surface area (Å²) in [7, 11) is -5.60. The minimum Gasteiger partial charge on any atom is -0.508 e. The second kappa shape index (κ2) is 12.7. The number of carboxylic acids is 1. The summed E-state index contributed by atoms with van der Waals surface area (Å²) >= 11 is 0. The van der Waals surface area contributed by atoms with Crippen LogP contribution in [0.1, 0.15) is 11.1 Å². The molecule has 0 saturated carbocycles. The van der Waals surface area contributed by atoms with Crippen LogP contribution in [0.25, 0.3) is 10.9 Å². The third-order valence-electron chi connectivity index (χ3n) is 6.72. The number of halogens is 6. The first kappa shape index (κ1) is 33.7. The van der Waals surface area contributed by atoms with Crippen LogP contribution >= 0.6 is 0 Å². The number of anilines is 1. The molecule has 0 unspecified atom stereocenters. The zero-order valence-corrected chi connectivity index (χ0v) is 23.8. The predicted molar refractivity (Wildman–Crippen MR) is 149 cm³/mol. The Morgan fingerprint density at radius 3 is 2.02 bits per heavy atom. The fraction of sp³-hybridized carbons (Fsp3) is 0.172. The number of carbonyl (C=O) groups is 3. The first-order chi connectivity index (χ1) is 21.4. The van der Waals surface area contributed by atoms with Crippen LogP contribution in [0.15, 0.2) is 90.0 Å². The molecule has 10 nitrogen and oxygen atoms in total. The summed E-state index contributed by atoms with van der Waals surface area (Å²) in [4.78, 5) is 41.6. The molecule has 1 saturated heterocycles. The second-order valence-electron chi connectivity index (χ2n) is 9.70. The van der Waals surface area contributed by atoms with Gasteiger partial charge < -0.3 is 15.1 Å². The van der Waals surface area contributed by atoms with Gasteiger partial charge in [-0.1, -0.05) is 30.3 Å². The van der Waals surface area contributed by atoms with Gasteiger partial charge >= 0.3 is 23.7 Å². The lowest BCUT2D eigenvalue weighted by molar-refractivity contribution is -0.192. The topological polar surface area (TPSA) is 145 Å². The Balaban J connectivity index is 0.000000617. The van der Waals surface area contributed by atoms with Gasteiger partial charge in [0.05, 0.1) is 16.1 Å².